The van der Waals surface area contributed by atoms with Gasteiger partial charge in [-0.2, -0.15) is 4.31 Å². The summed E-state index contributed by atoms with van der Waals surface area (Å²) in [6.45, 7) is 3.25. The van der Waals surface area contributed by atoms with Gasteiger partial charge in [0.2, 0.25) is 10.0 Å². The molecular weight excluding hydrogens is 285 g/mol. The number of rotatable bonds is 3. The van der Waals surface area contributed by atoms with Crippen molar-refractivity contribution in [1.29, 1.82) is 0 Å². The van der Waals surface area contributed by atoms with Crippen LogP contribution in [-0.4, -0.2) is 35.9 Å². The first-order valence-corrected chi connectivity index (χ1v) is 7.71. The van der Waals surface area contributed by atoms with Crippen molar-refractivity contribution in [2.45, 2.75) is 43.7 Å². The number of hydrogen-bond donors (Lipinski definition) is 1. The van der Waals surface area contributed by atoms with Gasteiger partial charge in [-0.15, -0.1) is 0 Å². The molecule has 1 saturated heterocycles. The maximum absolute atomic E-state index is 13.4. The highest BCUT2D eigenvalue weighted by Crippen LogP contribution is 2.31. The first-order valence-electron chi connectivity index (χ1n) is 6.27. The molecule has 110 valence electrons. The van der Waals surface area contributed by atoms with Crippen LogP contribution in [-0.2, 0) is 14.8 Å². The fraction of sp³-hybridized carbons (Fsp3) is 0.462. The lowest BCUT2D eigenvalue weighted by Gasteiger charge is -2.25. The molecule has 5 nitrogen and oxygen atoms in total. The minimum Gasteiger partial charge on any atom is -0.480 e. The van der Waals surface area contributed by atoms with Crippen LogP contribution in [0, 0.1) is 12.7 Å². The molecule has 7 heteroatoms. The number of carboxylic acids is 1. The van der Waals surface area contributed by atoms with Crippen LogP contribution in [0.3, 0.4) is 0 Å². The highest BCUT2D eigenvalue weighted by molar-refractivity contribution is 7.89. The summed E-state index contributed by atoms with van der Waals surface area (Å²) in [5.74, 6) is -1.83. The molecule has 0 aliphatic carbocycles. The predicted molar refractivity (Wildman–Crippen MR) is 70.3 cm³/mol. The van der Waals surface area contributed by atoms with E-state index in [9.17, 15) is 17.6 Å². The molecule has 1 fully saturated rings. The Morgan fingerprint density at radius 2 is 2.00 bits per heavy atom. The highest BCUT2D eigenvalue weighted by atomic mass is 32.2. The summed E-state index contributed by atoms with van der Waals surface area (Å²) in [6, 6.07) is 2.00. The van der Waals surface area contributed by atoms with E-state index in [2.05, 4.69) is 0 Å². The van der Waals surface area contributed by atoms with E-state index in [0.717, 1.165) is 10.4 Å². The Kier molecular flexibility index (Phi) is 3.84. The molecule has 2 rings (SSSR count). The number of aryl methyl sites for hydroxylation is 1. The fourth-order valence-corrected chi connectivity index (χ4v) is 4.52. The van der Waals surface area contributed by atoms with Crippen molar-refractivity contribution in [3.05, 3.63) is 29.6 Å². The zero-order valence-electron chi connectivity index (χ0n) is 11.2. The van der Waals surface area contributed by atoms with E-state index >= 15 is 0 Å². The second-order valence-corrected chi connectivity index (χ2v) is 6.92. The SMILES string of the molecule is Cc1cc(F)cc(S(=O)(=O)N2[C@H](C)CC[C@@H]2C(=O)O)c1. The summed E-state index contributed by atoms with van der Waals surface area (Å²) in [6.07, 6.45) is 0.745. The van der Waals surface area contributed by atoms with Gasteiger partial charge >= 0.3 is 5.97 Å². The lowest BCUT2D eigenvalue weighted by molar-refractivity contribution is -0.140. The third-order valence-electron chi connectivity index (χ3n) is 3.48. The molecule has 0 radical (unpaired) electrons. The molecule has 1 aliphatic rings. The van der Waals surface area contributed by atoms with E-state index in [-0.39, 0.29) is 11.3 Å². The topological polar surface area (TPSA) is 74.7 Å². The fourth-order valence-electron chi connectivity index (χ4n) is 2.57. The maximum Gasteiger partial charge on any atom is 0.322 e. The van der Waals surface area contributed by atoms with E-state index in [1.807, 2.05) is 0 Å². The number of hydrogen-bond acceptors (Lipinski definition) is 3. The molecule has 1 aromatic carbocycles. The third kappa shape index (κ3) is 2.55. The summed E-state index contributed by atoms with van der Waals surface area (Å²) in [4.78, 5) is 11.0. The van der Waals surface area contributed by atoms with Gasteiger partial charge in [0.15, 0.2) is 0 Å². The Morgan fingerprint density at radius 1 is 1.35 bits per heavy atom. The molecular formula is C13H16FNO4S. The van der Waals surface area contributed by atoms with E-state index in [0.29, 0.717) is 12.0 Å². The summed E-state index contributed by atoms with van der Waals surface area (Å²) in [7, 11) is -4.01. The molecule has 0 saturated carbocycles. The standard InChI is InChI=1S/C13H16FNO4S/c1-8-5-10(14)7-11(6-8)20(18,19)15-9(2)3-4-12(15)13(16)17/h5-7,9,12H,3-4H2,1-2H3,(H,16,17)/t9-,12-/m1/s1. The number of carbonyl (C=O) groups is 1. The summed E-state index contributed by atoms with van der Waals surface area (Å²) in [5.41, 5.74) is 0.474. The zero-order valence-corrected chi connectivity index (χ0v) is 12.0. The van der Waals surface area contributed by atoms with Gasteiger partial charge in [-0.25, -0.2) is 12.8 Å². The largest absolute Gasteiger partial charge is 0.480 e. The molecule has 0 unspecified atom stereocenters. The van der Waals surface area contributed by atoms with Crippen LogP contribution in [0.15, 0.2) is 23.1 Å². The van der Waals surface area contributed by atoms with Gasteiger partial charge in [0.1, 0.15) is 11.9 Å². The maximum atomic E-state index is 13.4. The number of sulfonamides is 1. The predicted octanol–water partition coefficient (Wildman–Crippen LogP) is 1.76. The van der Waals surface area contributed by atoms with Crippen molar-refractivity contribution in [3.63, 3.8) is 0 Å². The third-order valence-corrected chi connectivity index (χ3v) is 5.48. The lowest BCUT2D eigenvalue weighted by atomic mass is 10.2. The Hall–Kier alpha value is -1.47. The van der Waals surface area contributed by atoms with Gasteiger partial charge in [-0.3, -0.25) is 4.79 Å². The summed E-state index contributed by atoms with van der Waals surface area (Å²) >= 11 is 0. The molecule has 0 bridgehead atoms. The van der Waals surface area contributed by atoms with E-state index < -0.39 is 33.9 Å². The molecule has 0 aromatic heterocycles. The van der Waals surface area contributed by atoms with Crippen LogP contribution >= 0.6 is 0 Å². The number of nitrogens with zero attached hydrogens (tertiary/aromatic N) is 1. The van der Waals surface area contributed by atoms with Gasteiger partial charge in [0.05, 0.1) is 4.90 Å². The molecule has 2 atom stereocenters. The van der Waals surface area contributed by atoms with Crippen molar-refractivity contribution < 1.29 is 22.7 Å². The number of carboxylic acid groups (broad SMARTS) is 1. The van der Waals surface area contributed by atoms with Gasteiger partial charge < -0.3 is 5.11 Å². The van der Waals surface area contributed by atoms with E-state index in [4.69, 9.17) is 5.11 Å². The Labute approximate surface area is 117 Å². The van der Waals surface area contributed by atoms with E-state index in [1.54, 1.807) is 13.8 Å². The number of aliphatic carboxylic acids is 1. The van der Waals surface area contributed by atoms with Crippen LogP contribution in [0.5, 0.6) is 0 Å². The smallest absolute Gasteiger partial charge is 0.322 e. The molecule has 1 heterocycles. The van der Waals surface area contributed by atoms with Crippen LogP contribution < -0.4 is 0 Å². The van der Waals surface area contributed by atoms with Crippen molar-refractivity contribution in [1.82, 2.24) is 4.31 Å². The Bertz CT molecular complexity index is 624. The summed E-state index contributed by atoms with van der Waals surface area (Å²) < 4.78 is 39.5. The van der Waals surface area contributed by atoms with Crippen LogP contribution in [0.4, 0.5) is 4.39 Å². The van der Waals surface area contributed by atoms with Crippen molar-refractivity contribution >= 4 is 16.0 Å². The average Bonchev–Trinajstić information content (AvgIpc) is 2.70. The first-order chi connectivity index (χ1) is 9.23. The quantitative estimate of drug-likeness (QED) is 0.923. The number of halogens is 1. The van der Waals surface area contributed by atoms with Crippen molar-refractivity contribution in [2.24, 2.45) is 0 Å². The van der Waals surface area contributed by atoms with Gasteiger partial charge in [0, 0.05) is 6.04 Å². The molecule has 1 aliphatic heterocycles. The second-order valence-electron chi connectivity index (χ2n) is 5.08. The first kappa shape index (κ1) is 14.9. The van der Waals surface area contributed by atoms with Gasteiger partial charge in [-0.1, -0.05) is 0 Å². The van der Waals surface area contributed by atoms with Gasteiger partial charge in [-0.05, 0) is 50.5 Å². The average molecular weight is 301 g/mol. The highest BCUT2D eigenvalue weighted by Gasteiger charge is 2.43. The molecule has 0 spiro atoms. The van der Waals surface area contributed by atoms with Crippen LogP contribution in [0.2, 0.25) is 0 Å². The Balaban J connectivity index is 2.50. The zero-order chi connectivity index (χ0) is 15.1. The molecule has 1 N–H and O–H groups in total. The van der Waals surface area contributed by atoms with Gasteiger partial charge in [0.25, 0.3) is 0 Å². The van der Waals surface area contributed by atoms with Crippen LogP contribution in [0.25, 0.3) is 0 Å². The molecule has 0 amide bonds. The minimum absolute atomic E-state index is 0.199. The normalized spacial score (nSPS) is 23.9. The minimum atomic E-state index is -4.01. The Morgan fingerprint density at radius 3 is 2.55 bits per heavy atom. The second kappa shape index (κ2) is 5.14. The van der Waals surface area contributed by atoms with Crippen LogP contribution in [0.1, 0.15) is 25.3 Å². The van der Waals surface area contributed by atoms with Crippen molar-refractivity contribution in [2.75, 3.05) is 0 Å². The van der Waals surface area contributed by atoms with E-state index in [1.165, 1.54) is 12.1 Å². The molecule has 1 aromatic rings. The number of benzene rings is 1. The monoisotopic (exact) mass is 301 g/mol. The van der Waals surface area contributed by atoms with Crippen molar-refractivity contribution in [3.8, 4) is 0 Å². The lowest BCUT2D eigenvalue weighted by Crippen LogP contribution is -2.43. The summed E-state index contributed by atoms with van der Waals surface area (Å²) in [5, 5.41) is 9.14. The molecule has 20 heavy (non-hydrogen) atoms.